The molecule has 8 nitrogen and oxygen atoms in total. The van der Waals surface area contributed by atoms with Crippen LogP contribution in [0.1, 0.15) is 38.2 Å². The van der Waals surface area contributed by atoms with Crippen LogP contribution >= 0.6 is 0 Å². The Bertz CT molecular complexity index is 914. The van der Waals surface area contributed by atoms with Crippen molar-refractivity contribution in [1.82, 2.24) is 5.32 Å². The summed E-state index contributed by atoms with van der Waals surface area (Å²) in [5.41, 5.74) is -0.637. The quantitative estimate of drug-likeness (QED) is 0.201. The van der Waals surface area contributed by atoms with E-state index in [2.05, 4.69) is 25.4 Å². The predicted octanol–water partition coefficient (Wildman–Crippen LogP) is 3.94. The molecule has 2 aliphatic rings. The Kier molecular flexibility index (Phi) is 8.73. The first-order valence-corrected chi connectivity index (χ1v) is 11.7. The van der Waals surface area contributed by atoms with E-state index < -0.39 is 35.4 Å². The number of fused-ring (bicyclic) bond motifs is 1. The van der Waals surface area contributed by atoms with E-state index in [0.29, 0.717) is 25.2 Å². The lowest BCUT2D eigenvalue weighted by Gasteiger charge is -2.30. The largest absolute Gasteiger partial charge is 0.493 e. The summed E-state index contributed by atoms with van der Waals surface area (Å²) in [5, 5.41) is 2.71. The van der Waals surface area contributed by atoms with Crippen molar-refractivity contribution in [2.24, 2.45) is 17.8 Å². The second-order valence-electron chi connectivity index (χ2n) is 8.54. The number of carbonyl (C=O) groups is 3. The third-order valence-electron chi connectivity index (χ3n) is 6.33. The van der Waals surface area contributed by atoms with Crippen molar-refractivity contribution in [2.75, 3.05) is 19.8 Å². The number of hydrogen-bond donors (Lipinski definition) is 1. The Balaban J connectivity index is 1.74. The molecular formula is C26H33NO7. The Hall–Kier alpha value is -3.29. The highest BCUT2D eigenvalue weighted by Gasteiger charge is 2.72. The molecule has 0 heterocycles. The molecule has 3 rings (SSSR count). The number of ether oxygens (including phenoxy) is 4. The van der Waals surface area contributed by atoms with Gasteiger partial charge in [0, 0.05) is 11.5 Å². The normalized spacial score (nSPS) is 24.3. The van der Waals surface area contributed by atoms with Gasteiger partial charge in [0.05, 0.1) is 12.5 Å². The van der Waals surface area contributed by atoms with Crippen LogP contribution in [0.5, 0.6) is 5.75 Å². The van der Waals surface area contributed by atoms with Gasteiger partial charge in [-0.2, -0.15) is 0 Å². The van der Waals surface area contributed by atoms with Crippen LogP contribution < -0.4 is 10.1 Å². The maximum absolute atomic E-state index is 13.4. The Morgan fingerprint density at radius 3 is 2.59 bits per heavy atom. The molecule has 0 aliphatic heterocycles. The van der Waals surface area contributed by atoms with Crippen LogP contribution in [0, 0.1) is 17.8 Å². The lowest BCUT2D eigenvalue weighted by molar-refractivity contribution is -0.155. The van der Waals surface area contributed by atoms with Crippen LogP contribution in [0.3, 0.4) is 0 Å². The number of benzene rings is 1. The molecule has 1 N–H and O–H groups in total. The monoisotopic (exact) mass is 471 g/mol. The van der Waals surface area contributed by atoms with Crippen molar-refractivity contribution in [2.45, 2.75) is 44.8 Å². The standard InChI is InChI=1S/C26H33NO7/c1-4-7-16-31-20-11-9-8-10-18(20)17-34-24(29)26(27-25(30)33-15-6-3)13-12-19-21(22(19)26)23(28)32-14-5-2/h5-6,8-11,19,21-22H,2-4,7,12-17H2,1H3,(H,27,30). The number of rotatable bonds is 13. The SMILES string of the molecule is C=CCOC(=O)NC1(C(=O)OCc2ccccc2OCCCC)CCC2C(C(=O)OCC=C)C21. The summed E-state index contributed by atoms with van der Waals surface area (Å²) in [7, 11) is 0. The summed E-state index contributed by atoms with van der Waals surface area (Å²) in [6, 6.07) is 7.36. The minimum atomic E-state index is -1.36. The molecule has 4 unspecified atom stereocenters. The molecule has 184 valence electrons. The van der Waals surface area contributed by atoms with E-state index in [1.807, 2.05) is 24.3 Å². The number of nitrogens with one attached hydrogen (secondary N) is 1. The molecule has 0 radical (unpaired) electrons. The molecule has 1 aromatic rings. The lowest BCUT2D eigenvalue weighted by atomic mass is 9.90. The molecule has 4 atom stereocenters. The van der Waals surface area contributed by atoms with E-state index in [1.165, 1.54) is 12.2 Å². The summed E-state index contributed by atoms with van der Waals surface area (Å²) < 4.78 is 21.8. The van der Waals surface area contributed by atoms with Gasteiger partial charge in [0.1, 0.15) is 31.1 Å². The molecule has 0 saturated heterocycles. The zero-order valence-electron chi connectivity index (χ0n) is 19.6. The first-order valence-electron chi connectivity index (χ1n) is 11.7. The number of hydrogen-bond acceptors (Lipinski definition) is 7. The summed E-state index contributed by atoms with van der Waals surface area (Å²) in [5.74, 6) is -1.30. The van der Waals surface area contributed by atoms with Crippen LogP contribution in [0.2, 0.25) is 0 Å². The van der Waals surface area contributed by atoms with E-state index in [-0.39, 0.29) is 25.7 Å². The van der Waals surface area contributed by atoms with Crippen molar-refractivity contribution in [3.63, 3.8) is 0 Å². The fourth-order valence-corrected chi connectivity index (χ4v) is 4.67. The fourth-order valence-electron chi connectivity index (χ4n) is 4.67. The van der Waals surface area contributed by atoms with Crippen molar-refractivity contribution in [1.29, 1.82) is 0 Å². The molecule has 8 heteroatoms. The molecule has 2 aliphatic carbocycles. The molecule has 34 heavy (non-hydrogen) atoms. The maximum Gasteiger partial charge on any atom is 0.408 e. The average molecular weight is 472 g/mol. The number of amides is 1. The molecule has 2 fully saturated rings. The van der Waals surface area contributed by atoms with E-state index in [0.717, 1.165) is 18.4 Å². The highest BCUT2D eigenvalue weighted by Crippen LogP contribution is 2.63. The van der Waals surface area contributed by atoms with Crippen molar-refractivity contribution >= 4 is 18.0 Å². The summed E-state index contributed by atoms with van der Waals surface area (Å²) >= 11 is 0. The molecule has 2 saturated carbocycles. The Morgan fingerprint density at radius 2 is 1.85 bits per heavy atom. The van der Waals surface area contributed by atoms with Crippen molar-refractivity contribution in [3.05, 3.63) is 55.1 Å². The van der Waals surface area contributed by atoms with E-state index in [4.69, 9.17) is 18.9 Å². The van der Waals surface area contributed by atoms with Gasteiger partial charge < -0.3 is 24.3 Å². The van der Waals surface area contributed by atoms with Crippen LogP contribution in [-0.2, 0) is 30.4 Å². The van der Waals surface area contributed by atoms with Gasteiger partial charge in [-0.1, -0.05) is 56.9 Å². The van der Waals surface area contributed by atoms with Gasteiger partial charge in [-0.3, -0.25) is 4.79 Å². The minimum absolute atomic E-state index is 0.00165. The highest BCUT2D eigenvalue weighted by atomic mass is 16.6. The highest BCUT2D eigenvalue weighted by molar-refractivity contribution is 5.90. The smallest absolute Gasteiger partial charge is 0.408 e. The maximum atomic E-state index is 13.4. The summed E-state index contributed by atoms with van der Waals surface area (Å²) in [6.45, 7) is 9.80. The van der Waals surface area contributed by atoms with Gasteiger partial charge in [-0.15, -0.1) is 0 Å². The Morgan fingerprint density at radius 1 is 1.12 bits per heavy atom. The number of esters is 2. The van der Waals surface area contributed by atoms with Crippen LogP contribution in [0.15, 0.2) is 49.6 Å². The van der Waals surface area contributed by atoms with Gasteiger partial charge in [0.25, 0.3) is 0 Å². The zero-order chi connectivity index (χ0) is 24.6. The molecule has 0 bridgehead atoms. The number of carbonyl (C=O) groups excluding carboxylic acids is 3. The minimum Gasteiger partial charge on any atom is -0.493 e. The fraction of sp³-hybridized carbons (Fsp3) is 0.500. The molecule has 0 aromatic heterocycles. The van der Waals surface area contributed by atoms with Crippen LogP contribution in [0.25, 0.3) is 0 Å². The first kappa shape index (κ1) is 25.3. The average Bonchev–Trinajstić information content (AvgIpc) is 3.47. The summed E-state index contributed by atoms with van der Waals surface area (Å²) in [6.07, 6.45) is 5.03. The third-order valence-corrected chi connectivity index (χ3v) is 6.33. The van der Waals surface area contributed by atoms with E-state index in [9.17, 15) is 14.4 Å². The molecule has 1 aromatic carbocycles. The Labute approximate surface area is 200 Å². The van der Waals surface area contributed by atoms with Crippen molar-refractivity contribution < 1.29 is 33.3 Å². The summed E-state index contributed by atoms with van der Waals surface area (Å²) in [4.78, 5) is 38.3. The lowest BCUT2D eigenvalue weighted by Crippen LogP contribution is -2.56. The molecular weight excluding hydrogens is 438 g/mol. The van der Waals surface area contributed by atoms with Gasteiger partial charge in [-0.05, 0) is 31.2 Å². The van der Waals surface area contributed by atoms with Gasteiger partial charge in [0.15, 0.2) is 0 Å². The van der Waals surface area contributed by atoms with E-state index >= 15 is 0 Å². The van der Waals surface area contributed by atoms with Crippen LogP contribution in [0.4, 0.5) is 4.79 Å². The number of alkyl carbamates (subject to hydrolysis) is 1. The van der Waals surface area contributed by atoms with Gasteiger partial charge in [0.2, 0.25) is 0 Å². The van der Waals surface area contributed by atoms with Gasteiger partial charge >= 0.3 is 18.0 Å². The topological polar surface area (TPSA) is 100 Å². The predicted molar refractivity (Wildman–Crippen MR) is 125 cm³/mol. The van der Waals surface area contributed by atoms with Crippen molar-refractivity contribution in [3.8, 4) is 5.75 Å². The first-order chi connectivity index (χ1) is 16.5. The number of para-hydroxylation sites is 1. The zero-order valence-corrected chi connectivity index (χ0v) is 19.6. The third kappa shape index (κ3) is 5.61. The molecule has 0 spiro atoms. The second kappa shape index (κ2) is 11.7. The van der Waals surface area contributed by atoms with E-state index in [1.54, 1.807) is 0 Å². The second-order valence-corrected chi connectivity index (χ2v) is 8.54. The number of unbranched alkanes of at least 4 members (excludes halogenated alkanes) is 1. The van der Waals surface area contributed by atoms with Crippen LogP contribution in [-0.4, -0.2) is 43.4 Å². The van der Waals surface area contributed by atoms with Gasteiger partial charge in [-0.25, -0.2) is 9.59 Å². The molecule has 1 amide bonds.